The number of aliphatic hydroxyl groups is 1. The zero-order valence-electron chi connectivity index (χ0n) is 8.19. The lowest BCUT2D eigenvalue weighted by Gasteiger charge is -2.22. The smallest absolute Gasteiger partial charge is 0.190 e. The third-order valence-corrected chi connectivity index (χ3v) is 2.52. The first kappa shape index (κ1) is 9.40. The van der Waals surface area contributed by atoms with Crippen molar-refractivity contribution in [3.63, 3.8) is 0 Å². The highest BCUT2D eigenvalue weighted by molar-refractivity contribution is 4.92. The first-order valence-electron chi connectivity index (χ1n) is 4.72. The van der Waals surface area contributed by atoms with Crippen LogP contribution in [0.2, 0.25) is 0 Å². The highest BCUT2D eigenvalue weighted by Crippen LogP contribution is 2.37. The van der Waals surface area contributed by atoms with E-state index < -0.39 is 18.2 Å². The molecule has 2 rings (SSSR count). The van der Waals surface area contributed by atoms with Crippen molar-refractivity contribution < 1.29 is 19.3 Å². The lowest BCUT2D eigenvalue weighted by atomic mass is 10.1. The lowest BCUT2D eigenvalue weighted by molar-refractivity contribution is -0.214. The van der Waals surface area contributed by atoms with Crippen molar-refractivity contribution in [2.75, 3.05) is 0 Å². The van der Waals surface area contributed by atoms with E-state index in [2.05, 4.69) is 0 Å². The van der Waals surface area contributed by atoms with E-state index in [1.165, 1.54) is 0 Å². The molecule has 0 bridgehead atoms. The van der Waals surface area contributed by atoms with Crippen LogP contribution in [0.5, 0.6) is 0 Å². The summed E-state index contributed by atoms with van der Waals surface area (Å²) < 4.78 is 16.5. The molecule has 4 heteroatoms. The minimum Gasteiger partial charge on any atom is -0.387 e. The topological polar surface area (TPSA) is 47.9 Å². The summed E-state index contributed by atoms with van der Waals surface area (Å²) in [6, 6.07) is 0. The predicted octanol–water partition coefficient (Wildman–Crippen LogP) is 0.634. The third-order valence-electron chi connectivity index (χ3n) is 2.52. The van der Waals surface area contributed by atoms with Crippen LogP contribution in [0.25, 0.3) is 0 Å². The van der Waals surface area contributed by atoms with E-state index >= 15 is 0 Å². The maximum Gasteiger partial charge on any atom is 0.190 e. The minimum atomic E-state index is -0.630. The molecular weight excluding hydrogens is 172 g/mol. The summed E-state index contributed by atoms with van der Waals surface area (Å²) in [7, 11) is 0. The van der Waals surface area contributed by atoms with Gasteiger partial charge in [0, 0.05) is 0 Å². The van der Waals surface area contributed by atoms with Crippen molar-refractivity contribution >= 4 is 0 Å². The summed E-state index contributed by atoms with van der Waals surface area (Å²) in [6.07, 6.45) is -0.640. The molecule has 2 fully saturated rings. The molecule has 0 radical (unpaired) electrons. The zero-order chi connectivity index (χ0) is 9.64. The number of fused-ring (bicyclic) bond motifs is 1. The van der Waals surface area contributed by atoms with Crippen LogP contribution in [-0.2, 0) is 14.2 Å². The molecule has 2 heterocycles. The molecular formula is C9H16O4. The second-order valence-corrected chi connectivity index (χ2v) is 4.04. The van der Waals surface area contributed by atoms with Gasteiger partial charge in [-0.15, -0.1) is 0 Å². The molecule has 2 aliphatic rings. The molecule has 4 atom stereocenters. The molecule has 4 nitrogen and oxygen atoms in total. The number of aliphatic hydroxyl groups excluding tert-OH is 1. The molecule has 1 unspecified atom stereocenters. The molecule has 0 aromatic heterocycles. The minimum absolute atomic E-state index is 0.147. The van der Waals surface area contributed by atoms with Gasteiger partial charge < -0.3 is 19.3 Å². The molecule has 0 aliphatic carbocycles. The fraction of sp³-hybridized carbons (Fsp3) is 1.00. The van der Waals surface area contributed by atoms with E-state index in [9.17, 15) is 5.11 Å². The molecule has 76 valence electrons. The Morgan fingerprint density at radius 3 is 2.54 bits per heavy atom. The Balaban J connectivity index is 2.07. The van der Waals surface area contributed by atoms with Crippen LogP contribution < -0.4 is 0 Å². The van der Waals surface area contributed by atoms with Crippen LogP contribution in [0, 0.1) is 0 Å². The molecule has 0 amide bonds. The van der Waals surface area contributed by atoms with Crippen LogP contribution in [0.3, 0.4) is 0 Å². The van der Waals surface area contributed by atoms with Crippen molar-refractivity contribution in [2.45, 2.75) is 57.6 Å². The number of hydrogen-bond donors (Lipinski definition) is 1. The Hall–Kier alpha value is -0.160. The van der Waals surface area contributed by atoms with Crippen LogP contribution in [-0.4, -0.2) is 35.5 Å². The Morgan fingerprint density at radius 2 is 2.00 bits per heavy atom. The zero-order valence-corrected chi connectivity index (χ0v) is 8.19. The summed E-state index contributed by atoms with van der Waals surface area (Å²) in [5.41, 5.74) is 0. The summed E-state index contributed by atoms with van der Waals surface area (Å²) in [5, 5.41) is 9.76. The average molecular weight is 188 g/mol. The second-order valence-electron chi connectivity index (χ2n) is 4.04. The van der Waals surface area contributed by atoms with Gasteiger partial charge in [0.15, 0.2) is 12.1 Å². The molecule has 2 saturated heterocycles. The quantitative estimate of drug-likeness (QED) is 0.655. The first-order valence-corrected chi connectivity index (χ1v) is 4.72. The number of hydrogen-bond acceptors (Lipinski definition) is 4. The first-order chi connectivity index (χ1) is 6.03. The Labute approximate surface area is 77.8 Å². The van der Waals surface area contributed by atoms with Crippen molar-refractivity contribution in [1.29, 1.82) is 0 Å². The molecule has 0 saturated carbocycles. The van der Waals surface area contributed by atoms with Gasteiger partial charge in [0.25, 0.3) is 0 Å². The normalized spacial score (nSPS) is 48.0. The van der Waals surface area contributed by atoms with E-state index in [0.29, 0.717) is 0 Å². The summed E-state index contributed by atoms with van der Waals surface area (Å²) in [6.45, 7) is 5.62. The van der Waals surface area contributed by atoms with Crippen LogP contribution in [0.4, 0.5) is 0 Å². The van der Waals surface area contributed by atoms with Crippen molar-refractivity contribution in [3.05, 3.63) is 0 Å². The van der Waals surface area contributed by atoms with Gasteiger partial charge in [-0.3, -0.25) is 0 Å². The fourth-order valence-electron chi connectivity index (χ4n) is 1.90. The van der Waals surface area contributed by atoms with Crippen molar-refractivity contribution in [2.24, 2.45) is 0 Å². The highest BCUT2D eigenvalue weighted by atomic mass is 16.8. The fourth-order valence-corrected chi connectivity index (χ4v) is 1.90. The maximum atomic E-state index is 9.76. The molecule has 13 heavy (non-hydrogen) atoms. The Kier molecular flexibility index (Phi) is 2.11. The summed E-state index contributed by atoms with van der Waals surface area (Å²) >= 11 is 0. The van der Waals surface area contributed by atoms with Gasteiger partial charge in [-0.05, 0) is 20.3 Å². The van der Waals surface area contributed by atoms with E-state index in [0.717, 1.165) is 6.42 Å². The van der Waals surface area contributed by atoms with E-state index in [-0.39, 0.29) is 12.2 Å². The summed E-state index contributed by atoms with van der Waals surface area (Å²) in [4.78, 5) is 0. The molecule has 0 spiro atoms. The lowest BCUT2D eigenvalue weighted by Crippen LogP contribution is -2.34. The average Bonchev–Trinajstić information content (AvgIpc) is 2.47. The molecule has 0 aromatic rings. The number of ether oxygens (including phenoxy) is 3. The van der Waals surface area contributed by atoms with E-state index in [4.69, 9.17) is 14.2 Å². The summed E-state index contributed by atoms with van der Waals surface area (Å²) in [5.74, 6) is -0.630. The van der Waals surface area contributed by atoms with Gasteiger partial charge in [-0.1, -0.05) is 6.92 Å². The SMILES string of the molecule is CC[C@H]1O[C@H]2OC(C)(C)O[C@H]2C1O. The van der Waals surface area contributed by atoms with Crippen molar-refractivity contribution in [3.8, 4) is 0 Å². The van der Waals surface area contributed by atoms with E-state index in [1.807, 2.05) is 20.8 Å². The predicted molar refractivity (Wildman–Crippen MR) is 45.0 cm³/mol. The van der Waals surface area contributed by atoms with Crippen LogP contribution in [0.1, 0.15) is 27.2 Å². The van der Waals surface area contributed by atoms with Crippen molar-refractivity contribution in [1.82, 2.24) is 0 Å². The standard InChI is InChI=1S/C9H16O4/c1-4-5-6(10)7-8(11-5)13-9(2,3)12-7/h5-8,10H,4H2,1-3H3/t5-,6?,7+,8+/m1/s1. The van der Waals surface area contributed by atoms with Gasteiger partial charge in [0.1, 0.15) is 12.2 Å². The van der Waals surface area contributed by atoms with Gasteiger partial charge in [0.05, 0.1) is 6.10 Å². The Morgan fingerprint density at radius 1 is 1.31 bits per heavy atom. The largest absolute Gasteiger partial charge is 0.387 e. The third kappa shape index (κ3) is 1.48. The monoisotopic (exact) mass is 188 g/mol. The Bertz CT molecular complexity index is 204. The second kappa shape index (κ2) is 2.92. The molecule has 2 aliphatic heterocycles. The number of rotatable bonds is 1. The van der Waals surface area contributed by atoms with Crippen LogP contribution >= 0.6 is 0 Å². The molecule has 1 N–H and O–H groups in total. The van der Waals surface area contributed by atoms with Crippen LogP contribution in [0.15, 0.2) is 0 Å². The van der Waals surface area contributed by atoms with Gasteiger partial charge in [-0.2, -0.15) is 0 Å². The van der Waals surface area contributed by atoms with E-state index in [1.54, 1.807) is 0 Å². The van der Waals surface area contributed by atoms with Gasteiger partial charge in [-0.25, -0.2) is 0 Å². The highest BCUT2D eigenvalue weighted by Gasteiger charge is 2.53. The van der Waals surface area contributed by atoms with Gasteiger partial charge >= 0.3 is 0 Å². The maximum absolute atomic E-state index is 9.76. The van der Waals surface area contributed by atoms with Gasteiger partial charge in [0.2, 0.25) is 0 Å². The molecule has 0 aromatic carbocycles.